The molecular formula is C14H19NO. The third-order valence-electron chi connectivity index (χ3n) is 3.33. The van der Waals surface area contributed by atoms with Gasteiger partial charge in [0, 0.05) is 14.1 Å². The van der Waals surface area contributed by atoms with Crippen molar-refractivity contribution in [1.29, 1.82) is 0 Å². The molecule has 1 aliphatic carbocycles. The Labute approximate surface area is 97.3 Å². The molecule has 2 nitrogen and oxygen atoms in total. The Hall–Kier alpha value is -1.31. The molecule has 0 fully saturated rings. The number of benzene rings is 1. The first kappa shape index (κ1) is 11.2. The minimum absolute atomic E-state index is 0.193. The zero-order valence-electron chi connectivity index (χ0n) is 10.1. The highest BCUT2D eigenvalue weighted by Gasteiger charge is 2.15. The van der Waals surface area contributed by atoms with Crippen molar-refractivity contribution in [2.24, 2.45) is 0 Å². The Morgan fingerprint density at radius 1 is 1.25 bits per heavy atom. The molecule has 16 heavy (non-hydrogen) atoms. The van der Waals surface area contributed by atoms with E-state index in [0.29, 0.717) is 6.42 Å². The second kappa shape index (κ2) is 4.69. The van der Waals surface area contributed by atoms with Crippen molar-refractivity contribution < 1.29 is 4.79 Å². The lowest BCUT2D eigenvalue weighted by Gasteiger charge is -2.20. The zero-order valence-corrected chi connectivity index (χ0v) is 10.1. The summed E-state index contributed by atoms with van der Waals surface area (Å²) in [6.07, 6.45) is 5.43. The van der Waals surface area contributed by atoms with Gasteiger partial charge in [-0.25, -0.2) is 0 Å². The quantitative estimate of drug-likeness (QED) is 0.743. The maximum atomic E-state index is 11.7. The van der Waals surface area contributed by atoms with E-state index in [9.17, 15) is 4.79 Å². The molecule has 0 unspecified atom stereocenters. The van der Waals surface area contributed by atoms with E-state index >= 15 is 0 Å². The van der Waals surface area contributed by atoms with Gasteiger partial charge in [-0.05, 0) is 42.4 Å². The molecule has 2 rings (SSSR count). The van der Waals surface area contributed by atoms with E-state index in [1.807, 2.05) is 14.1 Å². The summed E-state index contributed by atoms with van der Waals surface area (Å²) in [6.45, 7) is 0. The van der Waals surface area contributed by atoms with Crippen LogP contribution in [-0.2, 0) is 24.1 Å². The summed E-state index contributed by atoms with van der Waals surface area (Å²) in [5.74, 6) is 0.193. The van der Waals surface area contributed by atoms with Crippen LogP contribution in [0.5, 0.6) is 0 Å². The largest absolute Gasteiger partial charge is 0.349 e. The molecule has 1 aliphatic rings. The lowest BCUT2D eigenvalue weighted by atomic mass is 9.87. The molecule has 0 radical (unpaired) electrons. The monoisotopic (exact) mass is 217 g/mol. The van der Waals surface area contributed by atoms with Crippen molar-refractivity contribution in [2.75, 3.05) is 14.1 Å². The van der Waals surface area contributed by atoms with Crippen LogP contribution in [0.4, 0.5) is 0 Å². The van der Waals surface area contributed by atoms with Crippen molar-refractivity contribution in [3.05, 3.63) is 34.9 Å². The summed E-state index contributed by atoms with van der Waals surface area (Å²) >= 11 is 0. The predicted molar refractivity (Wildman–Crippen MR) is 65.5 cm³/mol. The normalized spacial score (nSPS) is 14.4. The molecule has 0 aliphatic heterocycles. The highest BCUT2D eigenvalue weighted by molar-refractivity contribution is 5.78. The van der Waals surface area contributed by atoms with Crippen LogP contribution in [0.3, 0.4) is 0 Å². The highest BCUT2D eigenvalue weighted by Crippen LogP contribution is 2.24. The van der Waals surface area contributed by atoms with Crippen LogP contribution in [0.25, 0.3) is 0 Å². The van der Waals surface area contributed by atoms with Gasteiger partial charge in [0.05, 0.1) is 6.42 Å². The van der Waals surface area contributed by atoms with Crippen LogP contribution in [0, 0.1) is 0 Å². The standard InChI is InChI=1S/C14H19NO/c1-15(2)14(16)10-12-8-5-7-11-6-3-4-9-13(11)12/h5,7-8H,3-4,6,9-10H2,1-2H3. The average Bonchev–Trinajstić information content (AvgIpc) is 2.29. The summed E-state index contributed by atoms with van der Waals surface area (Å²) in [6, 6.07) is 6.39. The lowest BCUT2D eigenvalue weighted by molar-refractivity contribution is -0.127. The Morgan fingerprint density at radius 2 is 2.00 bits per heavy atom. The molecule has 0 saturated carbocycles. The fourth-order valence-corrected chi connectivity index (χ4v) is 2.35. The van der Waals surface area contributed by atoms with E-state index in [-0.39, 0.29) is 5.91 Å². The van der Waals surface area contributed by atoms with Gasteiger partial charge in [-0.15, -0.1) is 0 Å². The van der Waals surface area contributed by atoms with Gasteiger partial charge in [0.25, 0.3) is 0 Å². The molecule has 2 heteroatoms. The topological polar surface area (TPSA) is 20.3 Å². The molecular weight excluding hydrogens is 198 g/mol. The summed E-state index contributed by atoms with van der Waals surface area (Å²) in [5, 5.41) is 0. The maximum absolute atomic E-state index is 11.7. The molecule has 1 aromatic rings. The first-order chi connectivity index (χ1) is 7.68. The second-order valence-electron chi connectivity index (χ2n) is 4.73. The summed E-state index contributed by atoms with van der Waals surface area (Å²) in [4.78, 5) is 13.4. The number of nitrogens with zero attached hydrogens (tertiary/aromatic N) is 1. The Morgan fingerprint density at radius 3 is 2.75 bits per heavy atom. The van der Waals surface area contributed by atoms with E-state index in [2.05, 4.69) is 18.2 Å². The molecule has 0 bridgehead atoms. The lowest BCUT2D eigenvalue weighted by Crippen LogP contribution is -2.24. The third kappa shape index (κ3) is 2.26. The molecule has 1 amide bonds. The molecule has 86 valence electrons. The summed E-state index contributed by atoms with van der Waals surface area (Å²) in [7, 11) is 3.63. The number of likely N-dealkylation sites (N-methyl/N-ethyl adjacent to an activating group) is 1. The fourth-order valence-electron chi connectivity index (χ4n) is 2.35. The van der Waals surface area contributed by atoms with Crippen molar-refractivity contribution in [3.63, 3.8) is 0 Å². The Balaban J connectivity index is 2.24. The maximum Gasteiger partial charge on any atom is 0.226 e. The number of amides is 1. The van der Waals surface area contributed by atoms with E-state index in [1.165, 1.54) is 36.0 Å². The van der Waals surface area contributed by atoms with Crippen LogP contribution in [0.2, 0.25) is 0 Å². The number of hydrogen-bond donors (Lipinski definition) is 0. The SMILES string of the molecule is CN(C)C(=O)Cc1cccc2c1CCCC2. The molecule has 0 heterocycles. The molecule has 0 N–H and O–H groups in total. The van der Waals surface area contributed by atoms with E-state index < -0.39 is 0 Å². The number of fused-ring (bicyclic) bond motifs is 1. The van der Waals surface area contributed by atoms with Crippen LogP contribution in [-0.4, -0.2) is 24.9 Å². The van der Waals surface area contributed by atoms with Gasteiger partial charge in [-0.1, -0.05) is 18.2 Å². The first-order valence-electron chi connectivity index (χ1n) is 5.98. The van der Waals surface area contributed by atoms with Crippen molar-refractivity contribution in [3.8, 4) is 0 Å². The van der Waals surface area contributed by atoms with Gasteiger partial charge in [-0.3, -0.25) is 4.79 Å². The molecule has 1 aromatic carbocycles. The number of carbonyl (C=O) groups is 1. The zero-order chi connectivity index (χ0) is 11.5. The van der Waals surface area contributed by atoms with Crippen LogP contribution in [0.15, 0.2) is 18.2 Å². The molecule has 0 aromatic heterocycles. The van der Waals surface area contributed by atoms with Gasteiger partial charge in [0.1, 0.15) is 0 Å². The Kier molecular flexibility index (Phi) is 3.28. The van der Waals surface area contributed by atoms with Crippen molar-refractivity contribution >= 4 is 5.91 Å². The predicted octanol–water partition coefficient (Wildman–Crippen LogP) is 2.20. The molecule has 0 saturated heterocycles. The summed E-state index contributed by atoms with van der Waals surface area (Å²) in [5.41, 5.74) is 4.12. The van der Waals surface area contributed by atoms with E-state index in [4.69, 9.17) is 0 Å². The fraction of sp³-hybridized carbons (Fsp3) is 0.500. The number of carbonyl (C=O) groups excluding carboxylic acids is 1. The van der Waals surface area contributed by atoms with E-state index in [1.54, 1.807) is 4.90 Å². The second-order valence-corrected chi connectivity index (χ2v) is 4.73. The number of aryl methyl sites for hydroxylation is 1. The van der Waals surface area contributed by atoms with Gasteiger partial charge in [0.2, 0.25) is 5.91 Å². The molecule has 0 atom stereocenters. The van der Waals surface area contributed by atoms with Gasteiger partial charge >= 0.3 is 0 Å². The van der Waals surface area contributed by atoms with Gasteiger partial charge < -0.3 is 4.90 Å². The van der Waals surface area contributed by atoms with Crippen LogP contribution < -0.4 is 0 Å². The van der Waals surface area contributed by atoms with Gasteiger partial charge in [0.15, 0.2) is 0 Å². The van der Waals surface area contributed by atoms with Crippen LogP contribution >= 0.6 is 0 Å². The highest BCUT2D eigenvalue weighted by atomic mass is 16.2. The number of hydrogen-bond acceptors (Lipinski definition) is 1. The smallest absolute Gasteiger partial charge is 0.226 e. The van der Waals surface area contributed by atoms with Crippen LogP contribution in [0.1, 0.15) is 29.5 Å². The minimum atomic E-state index is 0.193. The third-order valence-corrected chi connectivity index (χ3v) is 3.33. The van der Waals surface area contributed by atoms with Gasteiger partial charge in [-0.2, -0.15) is 0 Å². The Bertz CT molecular complexity index is 396. The molecule has 0 spiro atoms. The van der Waals surface area contributed by atoms with Crippen molar-refractivity contribution in [1.82, 2.24) is 4.90 Å². The minimum Gasteiger partial charge on any atom is -0.349 e. The average molecular weight is 217 g/mol. The number of rotatable bonds is 2. The van der Waals surface area contributed by atoms with E-state index in [0.717, 1.165) is 6.42 Å². The first-order valence-corrected chi connectivity index (χ1v) is 5.98. The summed E-state index contributed by atoms with van der Waals surface area (Å²) < 4.78 is 0. The van der Waals surface area contributed by atoms with Crippen molar-refractivity contribution in [2.45, 2.75) is 32.1 Å².